The van der Waals surface area contributed by atoms with E-state index in [1.807, 2.05) is 54.6 Å². The minimum atomic E-state index is -0.0217. The molecule has 1 atom stereocenters. The van der Waals surface area contributed by atoms with E-state index in [-0.39, 0.29) is 23.9 Å². The van der Waals surface area contributed by atoms with Gasteiger partial charge in [-0.1, -0.05) is 54.6 Å². The summed E-state index contributed by atoms with van der Waals surface area (Å²) in [7, 11) is 0. The summed E-state index contributed by atoms with van der Waals surface area (Å²) in [5.74, 6) is -0.0385. The molecule has 0 aromatic heterocycles. The van der Waals surface area contributed by atoms with Gasteiger partial charge in [0.1, 0.15) is 0 Å². The van der Waals surface area contributed by atoms with Crippen LogP contribution in [0.15, 0.2) is 78.9 Å². The Hall–Kier alpha value is -3.60. The molecule has 1 heterocycles. The summed E-state index contributed by atoms with van der Waals surface area (Å²) in [5.41, 5.74) is 4.96. The minimum absolute atomic E-state index is 0.0168. The summed E-state index contributed by atoms with van der Waals surface area (Å²) >= 11 is 0. The largest absolute Gasteiger partial charge is 0.371 e. The fraction of sp³-hybridized carbons (Fsp3) is 0.310. The number of piperidine rings is 1. The SMILES string of the molecule is O=C(NC1CCN(c2ccccc2C(=O)N[C@H]2CCCc3ccccc32)CC1)c1ccccc1. The number of aryl methyl sites for hydroxylation is 1. The van der Waals surface area contributed by atoms with Gasteiger partial charge >= 0.3 is 0 Å². The molecular formula is C29H31N3O2. The molecule has 2 amide bonds. The van der Waals surface area contributed by atoms with Gasteiger partial charge in [-0.2, -0.15) is 0 Å². The number of anilines is 1. The lowest BCUT2D eigenvalue weighted by Crippen LogP contribution is -2.45. The highest BCUT2D eigenvalue weighted by Gasteiger charge is 2.26. The first-order valence-electron chi connectivity index (χ1n) is 12.3. The van der Waals surface area contributed by atoms with E-state index in [1.165, 1.54) is 11.1 Å². The molecule has 5 rings (SSSR count). The highest BCUT2D eigenvalue weighted by atomic mass is 16.2. The molecule has 1 saturated heterocycles. The quantitative estimate of drug-likeness (QED) is 0.578. The first-order chi connectivity index (χ1) is 16.7. The van der Waals surface area contributed by atoms with Crippen molar-refractivity contribution < 1.29 is 9.59 Å². The molecule has 5 nitrogen and oxygen atoms in total. The van der Waals surface area contributed by atoms with Gasteiger partial charge in [-0.3, -0.25) is 9.59 Å². The number of hydrogen-bond acceptors (Lipinski definition) is 3. The zero-order valence-electron chi connectivity index (χ0n) is 19.4. The number of nitrogens with zero attached hydrogens (tertiary/aromatic N) is 1. The molecule has 1 aliphatic carbocycles. The second-order valence-electron chi connectivity index (χ2n) is 9.24. The van der Waals surface area contributed by atoms with Crippen LogP contribution in [0.5, 0.6) is 0 Å². The maximum Gasteiger partial charge on any atom is 0.253 e. The molecule has 3 aromatic rings. The van der Waals surface area contributed by atoms with Gasteiger partial charge in [-0.05, 0) is 67.5 Å². The van der Waals surface area contributed by atoms with Crippen LogP contribution < -0.4 is 15.5 Å². The van der Waals surface area contributed by atoms with Crippen LogP contribution in [0.2, 0.25) is 0 Å². The molecule has 174 valence electrons. The molecule has 2 aliphatic rings. The zero-order chi connectivity index (χ0) is 23.3. The lowest BCUT2D eigenvalue weighted by atomic mass is 9.87. The van der Waals surface area contributed by atoms with E-state index < -0.39 is 0 Å². The van der Waals surface area contributed by atoms with Gasteiger partial charge in [0.05, 0.1) is 11.6 Å². The maximum atomic E-state index is 13.4. The van der Waals surface area contributed by atoms with E-state index in [0.717, 1.165) is 56.4 Å². The van der Waals surface area contributed by atoms with Gasteiger partial charge in [-0.15, -0.1) is 0 Å². The van der Waals surface area contributed by atoms with Crippen LogP contribution in [0.4, 0.5) is 5.69 Å². The van der Waals surface area contributed by atoms with Crippen LogP contribution in [0.1, 0.15) is 63.6 Å². The molecule has 0 spiro atoms. The highest BCUT2D eigenvalue weighted by molar-refractivity contribution is 6.00. The van der Waals surface area contributed by atoms with E-state index in [2.05, 4.69) is 39.8 Å². The number of carbonyl (C=O) groups is 2. The molecule has 1 aliphatic heterocycles. The summed E-state index contributed by atoms with van der Waals surface area (Å²) in [5, 5.41) is 6.46. The van der Waals surface area contributed by atoms with Crippen molar-refractivity contribution in [2.45, 2.75) is 44.2 Å². The second kappa shape index (κ2) is 10.1. The lowest BCUT2D eigenvalue weighted by Gasteiger charge is -2.35. The van der Waals surface area contributed by atoms with Gasteiger partial charge in [-0.25, -0.2) is 0 Å². The molecule has 0 unspecified atom stereocenters. The van der Waals surface area contributed by atoms with Crippen molar-refractivity contribution >= 4 is 17.5 Å². The molecular weight excluding hydrogens is 422 g/mol. The molecule has 3 aromatic carbocycles. The predicted octanol–water partition coefficient (Wildman–Crippen LogP) is 4.89. The van der Waals surface area contributed by atoms with Gasteiger partial charge < -0.3 is 15.5 Å². The van der Waals surface area contributed by atoms with Crippen molar-refractivity contribution in [1.29, 1.82) is 0 Å². The number of hydrogen-bond donors (Lipinski definition) is 2. The normalized spacial score (nSPS) is 18.1. The molecule has 0 radical (unpaired) electrons. The van der Waals surface area contributed by atoms with Crippen molar-refractivity contribution in [3.8, 4) is 0 Å². The highest BCUT2D eigenvalue weighted by Crippen LogP contribution is 2.31. The smallest absolute Gasteiger partial charge is 0.253 e. The van der Waals surface area contributed by atoms with Crippen LogP contribution >= 0.6 is 0 Å². The van der Waals surface area contributed by atoms with Crippen LogP contribution in [-0.4, -0.2) is 30.9 Å². The van der Waals surface area contributed by atoms with Crippen molar-refractivity contribution in [1.82, 2.24) is 10.6 Å². The summed E-state index contributed by atoms with van der Waals surface area (Å²) in [6, 6.07) is 25.9. The number of rotatable bonds is 5. The van der Waals surface area contributed by atoms with Crippen molar-refractivity contribution in [3.05, 3.63) is 101 Å². The number of benzene rings is 3. The average molecular weight is 454 g/mol. The standard InChI is InChI=1S/C29H31N3O2/c33-28(22-10-2-1-3-11-22)30-23-17-19-32(20-18-23)27-16-7-6-14-25(27)29(34)31-26-15-8-12-21-9-4-5-13-24(21)26/h1-7,9-11,13-14,16,23,26H,8,12,15,17-20H2,(H,30,33)(H,31,34)/t26-/m0/s1. The zero-order valence-corrected chi connectivity index (χ0v) is 19.4. The molecule has 5 heteroatoms. The topological polar surface area (TPSA) is 61.4 Å². The number of amides is 2. The van der Waals surface area contributed by atoms with E-state index in [1.54, 1.807) is 0 Å². The Kier molecular flexibility index (Phi) is 6.61. The minimum Gasteiger partial charge on any atom is -0.371 e. The maximum absolute atomic E-state index is 13.4. The Balaban J connectivity index is 1.23. The third kappa shape index (κ3) is 4.84. The molecule has 0 bridgehead atoms. The van der Waals surface area contributed by atoms with Gasteiger partial charge in [0, 0.05) is 30.4 Å². The lowest BCUT2D eigenvalue weighted by molar-refractivity contribution is 0.0926. The van der Waals surface area contributed by atoms with Crippen LogP contribution in [0.3, 0.4) is 0 Å². The molecule has 1 fully saturated rings. The number of nitrogens with one attached hydrogen (secondary N) is 2. The molecule has 34 heavy (non-hydrogen) atoms. The summed E-state index contributed by atoms with van der Waals surface area (Å²) in [6.45, 7) is 1.60. The molecule has 2 N–H and O–H groups in total. The Morgan fingerprint density at radius 2 is 1.44 bits per heavy atom. The van der Waals surface area contributed by atoms with Crippen LogP contribution in [0.25, 0.3) is 0 Å². The van der Waals surface area contributed by atoms with Crippen molar-refractivity contribution in [2.75, 3.05) is 18.0 Å². The van der Waals surface area contributed by atoms with Crippen LogP contribution in [-0.2, 0) is 6.42 Å². The fourth-order valence-corrected chi connectivity index (χ4v) is 5.20. The Bertz CT molecular complexity index is 1150. The monoisotopic (exact) mass is 453 g/mol. The predicted molar refractivity (Wildman–Crippen MR) is 135 cm³/mol. The summed E-state index contributed by atoms with van der Waals surface area (Å²) < 4.78 is 0. The Labute approximate surface area is 201 Å². The van der Waals surface area contributed by atoms with Crippen LogP contribution in [0, 0.1) is 0 Å². The average Bonchev–Trinajstić information content (AvgIpc) is 2.90. The van der Waals surface area contributed by atoms with Gasteiger partial charge in [0.2, 0.25) is 0 Å². The molecule has 0 saturated carbocycles. The first kappa shape index (κ1) is 22.2. The van der Waals surface area contributed by atoms with E-state index in [9.17, 15) is 9.59 Å². The Morgan fingerprint density at radius 3 is 2.26 bits per heavy atom. The number of carbonyl (C=O) groups excluding carboxylic acids is 2. The van der Waals surface area contributed by atoms with Crippen molar-refractivity contribution in [3.63, 3.8) is 0 Å². The number of fused-ring (bicyclic) bond motifs is 1. The van der Waals surface area contributed by atoms with E-state index in [0.29, 0.717) is 5.56 Å². The summed E-state index contributed by atoms with van der Waals surface area (Å²) in [6.07, 6.45) is 4.84. The van der Waals surface area contributed by atoms with Gasteiger partial charge in [0.25, 0.3) is 11.8 Å². The second-order valence-corrected chi connectivity index (χ2v) is 9.24. The van der Waals surface area contributed by atoms with Gasteiger partial charge in [0.15, 0.2) is 0 Å². The third-order valence-corrected chi connectivity index (χ3v) is 7.03. The fourth-order valence-electron chi connectivity index (χ4n) is 5.20. The summed E-state index contributed by atoms with van der Waals surface area (Å²) in [4.78, 5) is 28.1. The number of para-hydroxylation sites is 1. The third-order valence-electron chi connectivity index (χ3n) is 7.03. The first-order valence-corrected chi connectivity index (χ1v) is 12.3. The van der Waals surface area contributed by atoms with E-state index in [4.69, 9.17) is 0 Å². The van der Waals surface area contributed by atoms with E-state index >= 15 is 0 Å². The van der Waals surface area contributed by atoms with Crippen molar-refractivity contribution in [2.24, 2.45) is 0 Å². The Morgan fingerprint density at radius 1 is 0.735 bits per heavy atom.